The van der Waals surface area contributed by atoms with Crippen LogP contribution in [-0.2, 0) is 57.7 Å². The van der Waals surface area contributed by atoms with E-state index in [1.807, 2.05) is 0 Å². The van der Waals surface area contributed by atoms with Crippen molar-refractivity contribution < 1.29 is 63.2 Å². The molecule has 1 aliphatic carbocycles. The first-order valence-corrected chi connectivity index (χ1v) is 20.6. The second-order valence-corrected chi connectivity index (χ2v) is 15.1. The molecule has 0 bridgehead atoms. The van der Waals surface area contributed by atoms with E-state index in [9.17, 15) is 34.5 Å². The Morgan fingerprint density at radius 2 is 1.37 bits per heavy atom. The number of esters is 2. The number of carbonyl (C=O) groups excluding carboxylic acids is 3. The predicted octanol–water partition coefficient (Wildman–Crippen LogP) is 3.96. The molecule has 5 aromatic carbocycles. The fourth-order valence-corrected chi connectivity index (χ4v) is 8.65. The lowest BCUT2D eigenvalue weighted by molar-refractivity contribution is -0.145. The number of ketones is 1. The zero-order chi connectivity index (χ0) is 44.7. The lowest BCUT2D eigenvalue weighted by Crippen LogP contribution is -2.19. The van der Waals surface area contributed by atoms with E-state index in [1.165, 1.54) is 20.1 Å². The van der Waals surface area contributed by atoms with Crippen LogP contribution in [0.2, 0.25) is 0 Å². The van der Waals surface area contributed by atoms with E-state index in [4.69, 9.17) is 33.5 Å². The summed E-state index contributed by atoms with van der Waals surface area (Å²) in [7, 11) is 2.87. The number of aliphatic hydroxyl groups excluding tert-OH is 3. The van der Waals surface area contributed by atoms with Gasteiger partial charge in [-0.3, -0.25) is 24.0 Å². The molecule has 1 unspecified atom stereocenters. The maximum absolute atomic E-state index is 15.2. The fourth-order valence-electron chi connectivity index (χ4n) is 8.65. The molecule has 0 aliphatic heterocycles. The van der Waals surface area contributed by atoms with Crippen LogP contribution in [0.1, 0.15) is 73.3 Å². The minimum atomic E-state index is -0.997. The molecule has 16 nitrogen and oxygen atoms in total. The van der Waals surface area contributed by atoms with Gasteiger partial charge in [-0.25, -0.2) is 0 Å². The summed E-state index contributed by atoms with van der Waals surface area (Å²) in [5, 5.41) is 48.1. The molecule has 0 radical (unpaired) electrons. The van der Waals surface area contributed by atoms with Gasteiger partial charge in [-0.05, 0) is 83.5 Å². The number of anilines is 1. The minimum absolute atomic E-state index is 0.00579. The molecule has 62 heavy (non-hydrogen) atoms. The molecule has 0 amide bonds. The van der Waals surface area contributed by atoms with Crippen molar-refractivity contribution in [2.75, 3.05) is 78.9 Å². The van der Waals surface area contributed by atoms with Gasteiger partial charge in [-0.2, -0.15) is 0 Å². The highest BCUT2D eigenvalue weighted by Crippen LogP contribution is 2.55. The predicted molar refractivity (Wildman–Crippen MR) is 232 cm³/mol. The van der Waals surface area contributed by atoms with Gasteiger partial charge in [0.15, 0.2) is 22.4 Å². The Balaban J connectivity index is 1.58. The number of rotatable bonds is 24. The van der Waals surface area contributed by atoms with Crippen LogP contribution in [0.3, 0.4) is 0 Å². The van der Waals surface area contributed by atoms with Gasteiger partial charge in [-0.15, -0.1) is 0 Å². The molecule has 0 heterocycles. The number of carbonyl (C=O) groups is 3. The SMILES string of the molecule is COCCOCCC(=O)OCCCc1c2c3c4c(c(OC)c(O)c5c(=O)cc(CO)c(c6c(CO)cc(NCCOC(=O)CCOCCCO)c(c1=O)c63)c54)C(C(C)=O)C(C)=C2. The van der Waals surface area contributed by atoms with Crippen molar-refractivity contribution in [3.8, 4) is 11.5 Å². The topological polar surface area (TPSA) is 234 Å². The normalized spacial score (nSPS) is 13.7. The number of aromatic hydroxyl groups is 1. The first kappa shape index (κ1) is 46.0. The second kappa shape index (κ2) is 20.6. The highest BCUT2D eigenvalue weighted by molar-refractivity contribution is 6.39. The van der Waals surface area contributed by atoms with E-state index in [-0.39, 0.29) is 104 Å². The minimum Gasteiger partial charge on any atom is -0.504 e. The zero-order valence-electron chi connectivity index (χ0n) is 35.4. The van der Waals surface area contributed by atoms with Gasteiger partial charge in [0, 0.05) is 54.5 Å². The molecule has 0 fully saturated rings. The van der Waals surface area contributed by atoms with Crippen molar-refractivity contribution in [2.24, 2.45) is 0 Å². The quantitative estimate of drug-likeness (QED) is 0.0256. The number of fused-ring (bicyclic) bond motifs is 1. The molecular formula is C46H53NO15. The standard InChI is InChI=1S/C46H53NO15/c1-24-19-29-28(7-5-13-61-32(53)9-15-60-18-17-57-3)44(55)38-30(47-10-16-62-33(54)8-14-59-12-6-11-48)20-26(22-49)35-36-27(23-50)21-31(52)39-41(36)42(37(29)40(35)38)43(34(24)25(2)51)46(58-4)45(39)56/h19-21,34,47-50,56H,5-18,22-23H2,1-4H3. The first-order valence-electron chi connectivity index (χ1n) is 20.6. The number of hydrogen-bond acceptors (Lipinski definition) is 16. The van der Waals surface area contributed by atoms with Crippen LogP contribution in [-0.4, -0.2) is 112 Å². The van der Waals surface area contributed by atoms with E-state index in [0.29, 0.717) is 81.1 Å². The lowest BCUT2D eigenvalue weighted by Gasteiger charge is -2.26. The van der Waals surface area contributed by atoms with Gasteiger partial charge < -0.3 is 54.2 Å². The average molecular weight is 860 g/mol. The molecule has 1 aliphatic rings. The van der Waals surface area contributed by atoms with Crippen molar-refractivity contribution in [1.29, 1.82) is 0 Å². The van der Waals surface area contributed by atoms with Crippen LogP contribution in [0.25, 0.3) is 49.2 Å². The van der Waals surface area contributed by atoms with E-state index < -0.39 is 47.7 Å². The van der Waals surface area contributed by atoms with Crippen molar-refractivity contribution in [3.63, 3.8) is 0 Å². The van der Waals surface area contributed by atoms with Crippen LogP contribution in [0.15, 0.2) is 27.3 Å². The monoisotopic (exact) mass is 859 g/mol. The smallest absolute Gasteiger partial charge is 0.308 e. The van der Waals surface area contributed by atoms with Crippen molar-refractivity contribution in [1.82, 2.24) is 0 Å². The Labute approximate surface area is 356 Å². The number of aliphatic hydroxyl groups is 3. The van der Waals surface area contributed by atoms with Crippen molar-refractivity contribution >= 4 is 72.6 Å². The largest absolute Gasteiger partial charge is 0.504 e. The summed E-state index contributed by atoms with van der Waals surface area (Å²) in [6, 6.07) is 2.81. The van der Waals surface area contributed by atoms with E-state index in [2.05, 4.69) is 5.32 Å². The first-order chi connectivity index (χ1) is 29.9. The van der Waals surface area contributed by atoms with Crippen molar-refractivity contribution in [2.45, 2.75) is 65.1 Å². The second-order valence-electron chi connectivity index (χ2n) is 15.1. The van der Waals surface area contributed by atoms with E-state index in [1.54, 1.807) is 26.2 Å². The van der Waals surface area contributed by atoms with E-state index >= 15 is 4.79 Å². The van der Waals surface area contributed by atoms with Gasteiger partial charge >= 0.3 is 11.9 Å². The number of ether oxygens (including phenoxy) is 6. The molecule has 0 saturated heterocycles. The fraction of sp³-hybridized carbons (Fsp3) is 0.457. The molecular weight excluding hydrogens is 806 g/mol. The number of nitrogens with one attached hydrogen (secondary N) is 1. The van der Waals surface area contributed by atoms with Crippen LogP contribution in [0.5, 0.6) is 11.5 Å². The maximum atomic E-state index is 15.2. The summed E-state index contributed by atoms with van der Waals surface area (Å²) in [5.41, 5.74) is 1.38. The third-order valence-corrected chi connectivity index (χ3v) is 11.2. The highest BCUT2D eigenvalue weighted by Gasteiger charge is 2.36. The van der Waals surface area contributed by atoms with Gasteiger partial charge in [0.2, 0.25) is 0 Å². The molecule has 0 aromatic heterocycles. The summed E-state index contributed by atoms with van der Waals surface area (Å²) >= 11 is 0. The van der Waals surface area contributed by atoms with Crippen LogP contribution in [0, 0.1) is 0 Å². The number of methoxy groups -OCH3 is 2. The van der Waals surface area contributed by atoms with Gasteiger partial charge in [0.1, 0.15) is 12.4 Å². The van der Waals surface area contributed by atoms with E-state index in [0.717, 1.165) is 0 Å². The summed E-state index contributed by atoms with van der Waals surface area (Å²) < 4.78 is 32.4. The van der Waals surface area contributed by atoms with Gasteiger partial charge in [0.05, 0.1) is 82.9 Å². The average Bonchev–Trinajstić information content (AvgIpc) is 3.38. The zero-order valence-corrected chi connectivity index (χ0v) is 35.4. The molecule has 5 aromatic rings. The number of benzene rings is 5. The highest BCUT2D eigenvalue weighted by atomic mass is 16.5. The Morgan fingerprint density at radius 3 is 2.00 bits per heavy atom. The van der Waals surface area contributed by atoms with Gasteiger partial charge in [-0.1, -0.05) is 11.6 Å². The number of Topliss-reactive ketones (excluding diaryl/α,β-unsaturated/α-hetero) is 1. The Kier molecular flexibility index (Phi) is 15.3. The Morgan fingerprint density at radius 1 is 0.726 bits per heavy atom. The van der Waals surface area contributed by atoms with Gasteiger partial charge in [0.25, 0.3) is 0 Å². The number of hydrogen-bond donors (Lipinski definition) is 5. The molecule has 5 N–H and O–H groups in total. The summed E-state index contributed by atoms with van der Waals surface area (Å²) in [5.74, 6) is -2.86. The lowest BCUT2D eigenvalue weighted by atomic mass is 9.78. The summed E-state index contributed by atoms with van der Waals surface area (Å²) in [4.78, 5) is 68.0. The third kappa shape index (κ3) is 8.89. The van der Waals surface area contributed by atoms with Crippen LogP contribution in [0.4, 0.5) is 5.69 Å². The number of allylic oxidation sites excluding steroid dienone is 1. The van der Waals surface area contributed by atoms with Crippen molar-refractivity contribution in [3.05, 3.63) is 66.0 Å². The molecule has 0 spiro atoms. The molecule has 0 saturated carbocycles. The summed E-state index contributed by atoms with van der Waals surface area (Å²) in [6.07, 6.45) is 2.56. The molecule has 1 atom stereocenters. The van der Waals surface area contributed by atoms with Crippen LogP contribution < -0.4 is 20.9 Å². The summed E-state index contributed by atoms with van der Waals surface area (Å²) in [6.45, 7) is 3.20. The Bertz CT molecular complexity index is 2620. The number of phenolic OH excluding ortho intramolecular Hbond substituents is 1. The number of phenols is 1. The molecule has 16 heteroatoms. The third-order valence-electron chi connectivity index (χ3n) is 11.2. The maximum Gasteiger partial charge on any atom is 0.308 e. The molecule has 332 valence electrons. The Hall–Kier alpha value is -5.49. The van der Waals surface area contributed by atoms with Crippen LogP contribution >= 0.6 is 0 Å². The molecule has 6 rings (SSSR count).